The van der Waals surface area contributed by atoms with Gasteiger partial charge in [-0.2, -0.15) is 0 Å². The van der Waals surface area contributed by atoms with Gasteiger partial charge in [0.05, 0.1) is 23.7 Å². The quantitative estimate of drug-likeness (QED) is 0.266. The zero-order chi connectivity index (χ0) is 21.4. The molecule has 1 aliphatic carbocycles. The molecule has 0 atom stereocenters. The summed E-state index contributed by atoms with van der Waals surface area (Å²) < 4.78 is 8.57. The average Bonchev–Trinajstić information content (AvgIpc) is 3.46. The number of aromatic nitrogens is 4. The van der Waals surface area contributed by atoms with Crippen LogP contribution in [0.5, 0.6) is 0 Å². The van der Waals surface area contributed by atoms with Gasteiger partial charge in [-0.1, -0.05) is 36.7 Å². The van der Waals surface area contributed by atoms with Crippen LogP contribution in [0.1, 0.15) is 47.8 Å². The number of ether oxygens (including phenoxy) is 1. The zero-order valence-electron chi connectivity index (χ0n) is 17.2. The van der Waals surface area contributed by atoms with Gasteiger partial charge in [-0.3, -0.25) is 9.36 Å². The Bertz CT molecular complexity index is 1340. The molecule has 31 heavy (non-hydrogen) atoms. The number of methoxy groups -OCH3 is 1. The molecule has 158 valence electrons. The van der Waals surface area contributed by atoms with Crippen LogP contribution in [0.15, 0.2) is 58.7 Å². The molecule has 0 spiro atoms. The summed E-state index contributed by atoms with van der Waals surface area (Å²) in [7, 11) is 1.36. The Morgan fingerprint density at radius 3 is 2.77 bits per heavy atom. The van der Waals surface area contributed by atoms with Crippen LogP contribution in [0.4, 0.5) is 0 Å². The number of hydrogen-bond acceptors (Lipinski definition) is 6. The second-order valence-corrected chi connectivity index (χ2v) is 8.63. The summed E-state index contributed by atoms with van der Waals surface area (Å²) in [5.41, 5.74) is 2.54. The molecular weight excluding hydrogens is 412 g/mol. The van der Waals surface area contributed by atoms with Crippen LogP contribution in [0, 0.1) is 0 Å². The molecule has 0 radical (unpaired) electrons. The van der Waals surface area contributed by atoms with E-state index in [-0.39, 0.29) is 11.6 Å². The minimum absolute atomic E-state index is 0.0305. The molecule has 7 nitrogen and oxygen atoms in total. The third-order valence-corrected chi connectivity index (χ3v) is 6.74. The third kappa shape index (κ3) is 3.61. The van der Waals surface area contributed by atoms with Crippen molar-refractivity contribution in [1.29, 1.82) is 0 Å². The summed E-state index contributed by atoms with van der Waals surface area (Å²) in [5.74, 6) is 0.126. The number of benzene rings is 1. The predicted octanol–water partition coefficient (Wildman–Crippen LogP) is 4.24. The molecule has 1 saturated carbocycles. The molecule has 0 N–H and O–H groups in total. The smallest absolute Gasteiger partial charge is 0.341 e. The number of esters is 1. The Balaban J connectivity index is 1.51. The van der Waals surface area contributed by atoms with Gasteiger partial charge in [0, 0.05) is 24.2 Å². The Hall–Kier alpha value is -3.13. The molecule has 8 heteroatoms. The SMILES string of the molecule is COC(=O)c1cccn2cc(CSc3nc4ccccc4c(=O)n3C3CCCC3)nc12. The lowest BCUT2D eigenvalue weighted by Crippen LogP contribution is -2.26. The van der Waals surface area contributed by atoms with Crippen molar-refractivity contribution < 1.29 is 9.53 Å². The standard InChI is InChI=1S/C23H22N4O3S/c1-30-22(29)18-10-6-12-26-13-15(24-20(18)26)14-31-23-25-19-11-5-4-9-17(19)21(28)27(23)16-7-2-3-8-16/h4-6,9-13,16H,2-3,7-8,14H2,1H3. The number of carbonyl (C=O) groups excluding carboxylic acids is 1. The fourth-order valence-electron chi connectivity index (χ4n) is 4.25. The number of rotatable bonds is 5. The highest BCUT2D eigenvalue weighted by Gasteiger charge is 2.23. The van der Waals surface area contributed by atoms with Crippen molar-refractivity contribution >= 4 is 34.3 Å². The lowest BCUT2D eigenvalue weighted by Gasteiger charge is -2.18. The van der Waals surface area contributed by atoms with Crippen LogP contribution in [-0.4, -0.2) is 32.0 Å². The fourth-order valence-corrected chi connectivity index (χ4v) is 5.20. The summed E-state index contributed by atoms with van der Waals surface area (Å²) in [6.07, 6.45) is 8.03. The molecule has 0 saturated heterocycles. The molecule has 3 heterocycles. The van der Waals surface area contributed by atoms with Crippen molar-refractivity contribution in [3.8, 4) is 0 Å². The highest BCUT2D eigenvalue weighted by Crippen LogP contribution is 2.33. The first-order valence-corrected chi connectivity index (χ1v) is 11.3. The van der Waals surface area contributed by atoms with E-state index >= 15 is 0 Å². The minimum atomic E-state index is -0.415. The lowest BCUT2D eigenvalue weighted by molar-refractivity contribution is 0.0602. The maximum atomic E-state index is 13.3. The van der Waals surface area contributed by atoms with Crippen LogP contribution < -0.4 is 5.56 Å². The van der Waals surface area contributed by atoms with Gasteiger partial charge < -0.3 is 9.14 Å². The Morgan fingerprint density at radius 1 is 1.16 bits per heavy atom. The van der Waals surface area contributed by atoms with Gasteiger partial charge in [0.15, 0.2) is 10.8 Å². The Labute approximate surface area is 183 Å². The zero-order valence-corrected chi connectivity index (χ0v) is 18.0. The lowest BCUT2D eigenvalue weighted by atomic mass is 10.2. The van der Waals surface area contributed by atoms with Crippen LogP contribution in [0.25, 0.3) is 16.6 Å². The van der Waals surface area contributed by atoms with E-state index in [0.29, 0.717) is 27.9 Å². The fraction of sp³-hybridized carbons (Fsp3) is 0.304. The van der Waals surface area contributed by atoms with Crippen molar-refractivity contribution in [3.05, 3.63) is 70.4 Å². The summed E-state index contributed by atoms with van der Waals surface area (Å²) in [6.45, 7) is 0. The number of para-hydroxylation sites is 1. The first-order valence-electron chi connectivity index (χ1n) is 10.3. The first kappa shape index (κ1) is 19.8. The number of imidazole rings is 1. The van der Waals surface area contributed by atoms with Crippen molar-refractivity contribution in [2.24, 2.45) is 0 Å². The normalized spacial score (nSPS) is 14.5. The summed E-state index contributed by atoms with van der Waals surface area (Å²) in [5, 5.41) is 1.38. The van der Waals surface area contributed by atoms with E-state index in [0.717, 1.165) is 36.5 Å². The van der Waals surface area contributed by atoms with E-state index in [2.05, 4.69) is 4.98 Å². The van der Waals surface area contributed by atoms with E-state index in [4.69, 9.17) is 9.72 Å². The number of hydrogen-bond donors (Lipinski definition) is 0. The highest BCUT2D eigenvalue weighted by atomic mass is 32.2. The summed E-state index contributed by atoms with van der Waals surface area (Å²) >= 11 is 1.51. The van der Waals surface area contributed by atoms with Crippen molar-refractivity contribution in [1.82, 2.24) is 18.9 Å². The maximum Gasteiger partial charge on any atom is 0.341 e. The Kier molecular flexibility index (Phi) is 5.23. The number of thioether (sulfide) groups is 1. The van der Waals surface area contributed by atoms with Gasteiger partial charge >= 0.3 is 5.97 Å². The van der Waals surface area contributed by atoms with Gasteiger partial charge in [-0.05, 0) is 37.1 Å². The van der Waals surface area contributed by atoms with Gasteiger partial charge in [0.25, 0.3) is 5.56 Å². The number of nitrogens with zero attached hydrogens (tertiary/aromatic N) is 4. The Morgan fingerprint density at radius 2 is 1.97 bits per heavy atom. The van der Waals surface area contributed by atoms with Crippen LogP contribution in [0.2, 0.25) is 0 Å². The second-order valence-electron chi connectivity index (χ2n) is 7.69. The van der Waals surface area contributed by atoms with Gasteiger partial charge in [0.2, 0.25) is 0 Å². The van der Waals surface area contributed by atoms with E-state index in [1.54, 1.807) is 12.1 Å². The van der Waals surface area contributed by atoms with E-state index in [1.165, 1.54) is 18.9 Å². The molecule has 5 rings (SSSR count). The number of pyridine rings is 1. The van der Waals surface area contributed by atoms with E-state index in [1.807, 2.05) is 45.6 Å². The van der Waals surface area contributed by atoms with Crippen LogP contribution in [-0.2, 0) is 10.5 Å². The number of fused-ring (bicyclic) bond motifs is 2. The summed E-state index contributed by atoms with van der Waals surface area (Å²) in [4.78, 5) is 34.8. The van der Waals surface area contributed by atoms with Gasteiger partial charge in [-0.25, -0.2) is 14.8 Å². The molecule has 0 aliphatic heterocycles. The molecule has 0 bridgehead atoms. The predicted molar refractivity (Wildman–Crippen MR) is 120 cm³/mol. The molecule has 1 aliphatic rings. The van der Waals surface area contributed by atoms with Crippen molar-refractivity contribution in [2.45, 2.75) is 42.6 Å². The molecule has 1 aromatic carbocycles. The molecule has 1 fully saturated rings. The molecule has 0 unspecified atom stereocenters. The molecule has 4 aromatic rings. The molecular formula is C23H22N4O3S. The minimum Gasteiger partial charge on any atom is -0.465 e. The average molecular weight is 435 g/mol. The first-order chi connectivity index (χ1) is 15.2. The highest BCUT2D eigenvalue weighted by molar-refractivity contribution is 7.98. The molecule has 3 aromatic heterocycles. The largest absolute Gasteiger partial charge is 0.465 e. The van der Waals surface area contributed by atoms with Crippen molar-refractivity contribution in [3.63, 3.8) is 0 Å². The topological polar surface area (TPSA) is 78.5 Å². The third-order valence-electron chi connectivity index (χ3n) is 5.75. The van der Waals surface area contributed by atoms with E-state index < -0.39 is 5.97 Å². The van der Waals surface area contributed by atoms with Gasteiger partial charge in [0.1, 0.15) is 5.56 Å². The summed E-state index contributed by atoms with van der Waals surface area (Å²) in [6, 6.07) is 11.2. The van der Waals surface area contributed by atoms with Crippen molar-refractivity contribution in [2.75, 3.05) is 7.11 Å². The number of carbonyl (C=O) groups is 1. The second kappa shape index (κ2) is 8.19. The van der Waals surface area contributed by atoms with Crippen LogP contribution in [0.3, 0.4) is 0 Å². The molecule has 0 amide bonds. The van der Waals surface area contributed by atoms with Gasteiger partial charge in [-0.15, -0.1) is 0 Å². The maximum absolute atomic E-state index is 13.3. The van der Waals surface area contributed by atoms with Crippen LogP contribution >= 0.6 is 11.8 Å². The monoisotopic (exact) mass is 434 g/mol. The van der Waals surface area contributed by atoms with E-state index in [9.17, 15) is 9.59 Å².